The van der Waals surface area contributed by atoms with Crippen molar-refractivity contribution in [3.63, 3.8) is 0 Å². The second-order valence-electron chi connectivity index (χ2n) is 2.75. The van der Waals surface area contributed by atoms with Crippen LogP contribution < -0.4 is 0 Å². The van der Waals surface area contributed by atoms with Gasteiger partial charge < -0.3 is 5.41 Å². The van der Waals surface area contributed by atoms with Gasteiger partial charge in [0.25, 0.3) is 0 Å². The predicted octanol–water partition coefficient (Wildman–Crippen LogP) is 2.21. The van der Waals surface area contributed by atoms with Gasteiger partial charge in [0.1, 0.15) is 0 Å². The molecule has 0 bridgehead atoms. The molecule has 1 aliphatic carbocycles. The molecule has 0 amide bonds. The van der Waals surface area contributed by atoms with Gasteiger partial charge in [-0.25, -0.2) is 0 Å². The molecule has 0 saturated heterocycles. The van der Waals surface area contributed by atoms with Crippen molar-refractivity contribution >= 4 is 27.4 Å². The average molecular weight is 224 g/mol. The predicted molar refractivity (Wildman–Crippen MR) is 49.9 cm³/mol. The third-order valence-electron chi connectivity index (χ3n) is 1.99. The number of benzene rings is 1. The van der Waals surface area contributed by atoms with E-state index < -0.39 is 0 Å². The van der Waals surface area contributed by atoms with Crippen molar-refractivity contribution in [2.75, 3.05) is 0 Å². The van der Waals surface area contributed by atoms with Crippen molar-refractivity contribution in [2.45, 2.75) is 6.42 Å². The lowest BCUT2D eigenvalue weighted by Crippen LogP contribution is -2.04. The molecule has 12 heavy (non-hydrogen) atoms. The van der Waals surface area contributed by atoms with Gasteiger partial charge >= 0.3 is 0 Å². The van der Waals surface area contributed by atoms with Crippen molar-refractivity contribution < 1.29 is 4.79 Å². The van der Waals surface area contributed by atoms with Gasteiger partial charge in [-0.2, -0.15) is 0 Å². The zero-order valence-corrected chi connectivity index (χ0v) is 7.81. The standard InChI is InChI=1S/C9H6BrNO/c10-7-3-1-2-5-6(7)4-8(11)9(5)12/h1-3,11H,4H2. The Bertz CT molecular complexity index is 384. The van der Waals surface area contributed by atoms with Crippen LogP contribution in [0.4, 0.5) is 0 Å². The van der Waals surface area contributed by atoms with Gasteiger partial charge in [0.15, 0.2) is 0 Å². The lowest BCUT2D eigenvalue weighted by molar-refractivity contribution is 0.106. The van der Waals surface area contributed by atoms with Crippen molar-refractivity contribution in [1.82, 2.24) is 0 Å². The molecule has 0 unspecified atom stereocenters. The van der Waals surface area contributed by atoms with E-state index in [-0.39, 0.29) is 11.5 Å². The number of carbonyl (C=O) groups is 1. The Morgan fingerprint density at radius 2 is 2.17 bits per heavy atom. The fourth-order valence-electron chi connectivity index (χ4n) is 1.37. The summed E-state index contributed by atoms with van der Waals surface area (Å²) in [6.07, 6.45) is 0.468. The molecule has 2 rings (SSSR count). The first kappa shape index (κ1) is 7.68. The van der Waals surface area contributed by atoms with Crippen LogP contribution >= 0.6 is 15.9 Å². The summed E-state index contributed by atoms with van der Waals surface area (Å²) in [6.45, 7) is 0. The zero-order chi connectivity index (χ0) is 8.72. The molecule has 0 radical (unpaired) electrons. The highest BCUT2D eigenvalue weighted by atomic mass is 79.9. The lowest BCUT2D eigenvalue weighted by Gasteiger charge is -1.97. The largest absolute Gasteiger partial charge is 0.301 e. The summed E-state index contributed by atoms with van der Waals surface area (Å²) in [7, 11) is 0. The van der Waals surface area contributed by atoms with E-state index in [1.54, 1.807) is 6.07 Å². The van der Waals surface area contributed by atoms with E-state index in [1.165, 1.54) is 0 Å². The maximum atomic E-state index is 11.3. The summed E-state index contributed by atoms with van der Waals surface area (Å²) < 4.78 is 0.926. The van der Waals surface area contributed by atoms with Crippen LogP contribution in [0.1, 0.15) is 15.9 Å². The maximum absolute atomic E-state index is 11.3. The van der Waals surface area contributed by atoms with Gasteiger partial charge in [-0.15, -0.1) is 0 Å². The molecule has 0 aromatic heterocycles. The summed E-state index contributed by atoms with van der Waals surface area (Å²) in [5.74, 6) is -0.133. The SMILES string of the molecule is N=C1Cc2c(Br)cccc2C1=O. The molecule has 0 saturated carbocycles. The van der Waals surface area contributed by atoms with E-state index >= 15 is 0 Å². The molecular formula is C9H6BrNO. The van der Waals surface area contributed by atoms with Gasteiger partial charge in [-0.05, 0) is 11.6 Å². The summed E-state index contributed by atoms with van der Waals surface area (Å²) in [4.78, 5) is 11.3. The van der Waals surface area contributed by atoms with Crippen LogP contribution in [-0.2, 0) is 6.42 Å². The Morgan fingerprint density at radius 1 is 1.42 bits per heavy atom. The fourth-order valence-corrected chi connectivity index (χ4v) is 1.88. The molecule has 0 aliphatic heterocycles. The van der Waals surface area contributed by atoms with Crippen molar-refractivity contribution in [3.8, 4) is 0 Å². The molecule has 0 atom stereocenters. The topological polar surface area (TPSA) is 40.9 Å². The van der Waals surface area contributed by atoms with E-state index in [0.717, 1.165) is 10.0 Å². The van der Waals surface area contributed by atoms with E-state index in [9.17, 15) is 4.79 Å². The van der Waals surface area contributed by atoms with E-state index in [0.29, 0.717) is 12.0 Å². The minimum absolute atomic E-state index is 0.133. The Kier molecular flexibility index (Phi) is 1.61. The van der Waals surface area contributed by atoms with Gasteiger partial charge in [-0.1, -0.05) is 28.1 Å². The fraction of sp³-hybridized carbons (Fsp3) is 0.111. The van der Waals surface area contributed by atoms with Crippen molar-refractivity contribution in [1.29, 1.82) is 5.41 Å². The number of carbonyl (C=O) groups excluding carboxylic acids is 1. The van der Waals surface area contributed by atoms with Crippen LogP contribution in [0.15, 0.2) is 22.7 Å². The highest BCUT2D eigenvalue weighted by Gasteiger charge is 2.25. The molecule has 1 aromatic carbocycles. The van der Waals surface area contributed by atoms with Gasteiger partial charge in [0.05, 0.1) is 5.71 Å². The third-order valence-corrected chi connectivity index (χ3v) is 2.73. The Balaban J connectivity index is 2.68. The van der Waals surface area contributed by atoms with Crippen LogP contribution in [0.5, 0.6) is 0 Å². The van der Waals surface area contributed by atoms with Crippen LogP contribution in [0, 0.1) is 5.41 Å². The van der Waals surface area contributed by atoms with Crippen LogP contribution in [0.25, 0.3) is 0 Å². The van der Waals surface area contributed by atoms with Crippen LogP contribution in [0.2, 0.25) is 0 Å². The minimum Gasteiger partial charge on any atom is -0.301 e. The van der Waals surface area contributed by atoms with Crippen molar-refractivity contribution in [3.05, 3.63) is 33.8 Å². The third kappa shape index (κ3) is 0.932. The van der Waals surface area contributed by atoms with Crippen LogP contribution in [0.3, 0.4) is 0 Å². The Labute approximate surface area is 78.2 Å². The number of nitrogens with one attached hydrogen (secondary N) is 1. The summed E-state index contributed by atoms with van der Waals surface area (Å²) in [5, 5.41) is 7.37. The van der Waals surface area contributed by atoms with E-state index in [1.807, 2.05) is 12.1 Å². The second-order valence-corrected chi connectivity index (χ2v) is 3.60. The normalized spacial score (nSPS) is 15.1. The molecule has 0 fully saturated rings. The number of Topliss-reactive ketones (excluding diaryl/α,β-unsaturated/α-hetero) is 1. The molecule has 1 N–H and O–H groups in total. The molecule has 1 aromatic rings. The zero-order valence-electron chi connectivity index (χ0n) is 6.23. The quantitative estimate of drug-likeness (QED) is 0.721. The molecule has 0 heterocycles. The first-order valence-corrected chi connectivity index (χ1v) is 4.39. The number of hydrogen-bond donors (Lipinski definition) is 1. The first-order chi connectivity index (χ1) is 5.70. The monoisotopic (exact) mass is 223 g/mol. The molecule has 2 nitrogen and oxygen atoms in total. The summed E-state index contributed by atoms with van der Waals surface area (Å²) in [6, 6.07) is 5.48. The number of fused-ring (bicyclic) bond motifs is 1. The molecular weight excluding hydrogens is 218 g/mol. The minimum atomic E-state index is -0.133. The second kappa shape index (κ2) is 2.52. The van der Waals surface area contributed by atoms with Crippen molar-refractivity contribution in [2.24, 2.45) is 0 Å². The highest BCUT2D eigenvalue weighted by Crippen LogP contribution is 2.26. The van der Waals surface area contributed by atoms with E-state index in [2.05, 4.69) is 15.9 Å². The van der Waals surface area contributed by atoms with Gasteiger partial charge in [0, 0.05) is 16.5 Å². The number of rotatable bonds is 0. The molecule has 3 heteroatoms. The Hall–Kier alpha value is -0.960. The molecule has 0 spiro atoms. The average Bonchev–Trinajstić information content (AvgIpc) is 2.32. The highest BCUT2D eigenvalue weighted by molar-refractivity contribution is 9.10. The Morgan fingerprint density at radius 3 is 2.83 bits per heavy atom. The van der Waals surface area contributed by atoms with Gasteiger partial charge in [-0.3, -0.25) is 4.79 Å². The first-order valence-electron chi connectivity index (χ1n) is 3.59. The summed E-state index contributed by atoms with van der Waals surface area (Å²) >= 11 is 3.35. The molecule has 60 valence electrons. The number of halogens is 1. The van der Waals surface area contributed by atoms with Crippen LogP contribution in [-0.4, -0.2) is 11.5 Å². The van der Waals surface area contributed by atoms with Gasteiger partial charge in [0.2, 0.25) is 5.78 Å². The molecule has 1 aliphatic rings. The summed E-state index contributed by atoms with van der Waals surface area (Å²) in [5.41, 5.74) is 1.82. The lowest BCUT2D eigenvalue weighted by atomic mass is 10.1. The number of hydrogen-bond acceptors (Lipinski definition) is 2. The van der Waals surface area contributed by atoms with E-state index in [4.69, 9.17) is 5.41 Å². The smallest absolute Gasteiger partial charge is 0.207 e. The number of ketones is 1. The maximum Gasteiger partial charge on any atom is 0.207 e.